The number of aromatic nitrogens is 1. The highest BCUT2D eigenvalue weighted by atomic mass is 32.1. The van der Waals surface area contributed by atoms with Crippen molar-refractivity contribution in [1.29, 1.82) is 0 Å². The molecule has 3 aromatic rings. The highest BCUT2D eigenvalue weighted by Gasteiger charge is 2.10. The number of amides is 2. The monoisotopic (exact) mass is 367 g/mol. The third-order valence-corrected chi connectivity index (χ3v) is 5.14. The van der Waals surface area contributed by atoms with Gasteiger partial charge < -0.3 is 15.4 Å². The summed E-state index contributed by atoms with van der Waals surface area (Å²) < 4.78 is 5.12. The van der Waals surface area contributed by atoms with Gasteiger partial charge in [-0.3, -0.25) is 0 Å². The fourth-order valence-electron chi connectivity index (χ4n) is 2.45. The number of rotatable bonds is 6. The van der Waals surface area contributed by atoms with E-state index in [1.165, 1.54) is 0 Å². The Morgan fingerprint density at radius 1 is 1.04 bits per heavy atom. The molecule has 1 heterocycles. The number of methoxy groups -OCH3 is 1. The fraction of sp³-hybridized carbons (Fsp3) is 0.200. The van der Waals surface area contributed by atoms with Crippen LogP contribution in [0.15, 0.2) is 54.6 Å². The normalized spacial score (nSPS) is 10.4. The van der Waals surface area contributed by atoms with E-state index in [0.29, 0.717) is 13.1 Å². The Kier molecular flexibility index (Phi) is 5.86. The maximum Gasteiger partial charge on any atom is 0.315 e. The standard InChI is InChI=1S/C20H21N3O2S/c1-14-18(26-19(23-14)16-6-4-3-5-7-16)13-22-20(24)21-12-15-8-10-17(25-2)11-9-15/h3-11H,12-13H2,1-2H3,(H2,21,22,24). The summed E-state index contributed by atoms with van der Waals surface area (Å²) in [6.07, 6.45) is 0. The molecule has 0 aliphatic heterocycles. The van der Waals surface area contributed by atoms with Crippen molar-refractivity contribution in [3.63, 3.8) is 0 Å². The topological polar surface area (TPSA) is 63.2 Å². The van der Waals surface area contributed by atoms with E-state index >= 15 is 0 Å². The van der Waals surface area contributed by atoms with Crippen LogP contribution in [0.2, 0.25) is 0 Å². The van der Waals surface area contributed by atoms with E-state index in [0.717, 1.165) is 32.5 Å². The fourth-order valence-corrected chi connectivity index (χ4v) is 3.45. The number of hydrogen-bond acceptors (Lipinski definition) is 4. The van der Waals surface area contributed by atoms with Crippen molar-refractivity contribution in [2.45, 2.75) is 20.0 Å². The minimum Gasteiger partial charge on any atom is -0.497 e. The van der Waals surface area contributed by atoms with Gasteiger partial charge in [-0.25, -0.2) is 9.78 Å². The van der Waals surface area contributed by atoms with E-state index in [1.54, 1.807) is 18.4 Å². The highest BCUT2D eigenvalue weighted by Crippen LogP contribution is 2.27. The van der Waals surface area contributed by atoms with Crippen molar-refractivity contribution in [3.8, 4) is 16.3 Å². The van der Waals surface area contributed by atoms with E-state index in [-0.39, 0.29) is 6.03 Å². The molecule has 0 spiro atoms. The molecule has 0 saturated heterocycles. The first-order valence-electron chi connectivity index (χ1n) is 8.32. The van der Waals surface area contributed by atoms with Crippen LogP contribution in [0.3, 0.4) is 0 Å². The largest absolute Gasteiger partial charge is 0.497 e. The number of thiazole rings is 1. The van der Waals surface area contributed by atoms with Gasteiger partial charge in [-0.05, 0) is 24.6 Å². The van der Waals surface area contributed by atoms with Crippen molar-refractivity contribution in [3.05, 3.63) is 70.7 Å². The Balaban J connectivity index is 1.52. The molecule has 2 aromatic carbocycles. The van der Waals surface area contributed by atoms with E-state index in [1.807, 2.05) is 61.5 Å². The maximum absolute atomic E-state index is 12.0. The molecule has 0 radical (unpaired) electrons. The van der Waals surface area contributed by atoms with Crippen molar-refractivity contribution in [2.75, 3.05) is 7.11 Å². The molecule has 0 fully saturated rings. The molecule has 0 atom stereocenters. The van der Waals surface area contributed by atoms with Crippen LogP contribution in [-0.4, -0.2) is 18.1 Å². The summed E-state index contributed by atoms with van der Waals surface area (Å²) in [5, 5.41) is 6.72. The molecular weight excluding hydrogens is 346 g/mol. The van der Waals surface area contributed by atoms with Crippen LogP contribution in [0.4, 0.5) is 4.79 Å². The summed E-state index contributed by atoms with van der Waals surface area (Å²) in [7, 11) is 1.63. The van der Waals surface area contributed by atoms with Crippen LogP contribution in [0.1, 0.15) is 16.1 Å². The molecule has 0 unspecified atom stereocenters. The second-order valence-electron chi connectivity index (χ2n) is 5.78. The average molecular weight is 367 g/mol. The zero-order chi connectivity index (χ0) is 18.4. The Hall–Kier alpha value is -2.86. The van der Waals surface area contributed by atoms with Crippen LogP contribution >= 0.6 is 11.3 Å². The molecule has 26 heavy (non-hydrogen) atoms. The van der Waals surface area contributed by atoms with Crippen molar-refractivity contribution < 1.29 is 9.53 Å². The lowest BCUT2D eigenvalue weighted by Crippen LogP contribution is -2.34. The van der Waals surface area contributed by atoms with Crippen LogP contribution in [0, 0.1) is 6.92 Å². The SMILES string of the molecule is COc1ccc(CNC(=O)NCc2sc(-c3ccccc3)nc2C)cc1. The predicted molar refractivity (Wildman–Crippen MR) is 104 cm³/mol. The molecule has 0 aliphatic carbocycles. The van der Waals surface area contributed by atoms with Gasteiger partial charge in [0.15, 0.2) is 0 Å². The lowest BCUT2D eigenvalue weighted by molar-refractivity contribution is 0.240. The molecular formula is C20H21N3O2S. The molecule has 2 N–H and O–H groups in total. The summed E-state index contributed by atoms with van der Waals surface area (Å²) in [5.74, 6) is 0.799. The molecule has 5 nitrogen and oxygen atoms in total. The van der Waals surface area contributed by atoms with E-state index in [4.69, 9.17) is 4.74 Å². The first kappa shape index (κ1) is 17.9. The van der Waals surface area contributed by atoms with Crippen LogP contribution in [0.25, 0.3) is 10.6 Å². The minimum absolute atomic E-state index is 0.199. The highest BCUT2D eigenvalue weighted by molar-refractivity contribution is 7.15. The number of urea groups is 1. The second-order valence-corrected chi connectivity index (χ2v) is 6.86. The molecule has 3 rings (SSSR count). The molecule has 0 aliphatic rings. The molecule has 2 amide bonds. The maximum atomic E-state index is 12.0. The van der Waals surface area contributed by atoms with Gasteiger partial charge in [-0.15, -0.1) is 11.3 Å². The van der Waals surface area contributed by atoms with Gasteiger partial charge >= 0.3 is 6.03 Å². The summed E-state index contributed by atoms with van der Waals surface area (Å²) in [4.78, 5) is 17.7. The zero-order valence-corrected chi connectivity index (χ0v) is 15.6. The van der Waals surface area contributed by atoms with Crippen LogP contribution < -0.4 is 15.4 Å². The first-order chi connectivity index (χ1) is 12.7. The second kappa shape index (κ2) is 8.49. The number of benzene rings is 2. The molecule has 0 saturated carbocycles. The Bertz CT molecular complexity index is 861. The number of hydrogen-bond donors (Lipinski definition) is 2. The lowest BCUT2D eigenvalue weighted by Gasteiger charge is -2.07. The van der Waals surface area contributed by atoms with Gasteiger partial charge in [-0.1, -0.05) is 42.5 Å². The van der Waals surface area contributed by atoms with Gasteiger partial charge in [0.05, 0.1) is 19.3 Å². The quantitative estimate of drug-likeness (QED) is 0.689. The molecule has 134 valence electrons. The Morgan fingerprint density at radius 3 is 2.42 bits per heavy atom. The van der Waals surface area contributed by atoms with Crippen molar-refractivity contribution >= 4 is 17.4 Å². The van der Waals surface area contributed by atoms with E-state index < -0.39 is 0 Å². The average Bonchev–Trinajstić information content (AvgIpc) is 3.06. The van der Waals surface area contributed by atoms with E-state index in [2.05, 4.69) is 15.6 Å². The first-order valence-corrected chi connectivity index (χ1v) is 9.13. The minimum atomic E-state index is -0.199. The Morgan fingerprint density at radius 2 is 1.73 bits per heavy atom. The number of nitrogens with one attached hydrogen (secondary N) is 2. The van der Waals surface area contributed by atoms with Gasteiger partial charge in [0.1, 0.15) is 10.8 Å². The number of aryl methyl sites for hydroxylation is 1. The summed E-state index contributed by atoms with van der Waals surface area (Å²) >= 11 is 1.61. The molecule has 6 heteroatoms. The van der Waals surface area contributed by atoms with Gasteiger partial charge in [0.25, 0.3) is 0 Å². The van der Waals surface area contributed by atoms with Gasteiger partial charge in [0.2, 0.25) is 0 Å². The molecule has 1 aromatic heterocycles. The third-order valence-electron chi connectivity index (χ3n) is 3.94. The smallest absolute Gasteiger partial charge is 0.315 e. The third kappa shape index (κ3) is 4.61. The number of ether oxygens (including phenoxy) is 1. The van der Waals surface area contributed by atoms with E-state index in [9.17, 15) is 4.79 Å². The van der Waals surface area contributed by atoms with Crippen molar-refractivity contribution in [1.82, 2.24) is 15.6 Å². The number of nitrogens with zero attached hydrogens (tertiary/aromatic N) is 1. The lowest BCUT2D eigenvalue weighted by atomic mass is 10.2. The van der Waals surface area contributed by atoms with Gasteiger partial charge in [-0.2, -0.15) is 0 Å². The zero-order valence-electron chi connectivity index (χ0n) is 14.8. The number of carbonyl (C=O) groups is 1. The van der Waals surface area contributed by atoms with Crippen LogP contribution in [0.5, 0.6) is 5.75 Å². The molecule has 0 bridgehead atoms. The number of carbonyl (C=O) groups excluding carboxylic acids is 1. The van der Waals surface area contributed by atoms with Gasteiger partial charge in [0, 0.05) is 17.0 Å². The summed E-state index contributed by atoms with van der Waals surface area (Å²) in [5.41, 5.74) is 3.06. The van der Waals surface area contributed by atoms with Crippen LogP contribution in [-0.2, 0) is 13.1 Å². The Labute approximate surface area is 157 Å². The summed E-state index contributed by atoms with van der Waals surface area (Å²) in [6.45, 7) is 2.90. The summed E-state index contributed by atoms with van der Waals surface area (Å²) in [6, 6.07) is 17.5. The van der Waals surface area contributed by atoms with Crippen molar-refractivity contribution in [2.24, 2.45) is 0 Å². The predicted octanol–water partition coefficient (Wildman–Crippen LogP) is 4.13.